The van der Waals surface area contributed by atoms with Crippen molar-refractivity contribution in [2.45, 2.75) is 19.8 Å². The van der Waals surface area contributed by atoms with E-state index in [1.54, 1.807) is 0 Å². The number of hydrogen-bond donors (Lipinski definition) is 1. The van der Waals surface area contributed by atoms with Crippen LogP contribution in [0.3, 0.4) is 0 Å². The van der Waals surface area contributed by atoms with Gasteiger partial charge in [-0.25, -0.2) is 8.78 Å². The lowest BCUT2D eigenvalue weighted by molar-refractivity contribution is 0.509. The standard InChI is InChI=1S/C13H15F2N3S/c1-2-16-7-3-4-12-17-18-13(19-12)9-5-6-10(14)11(15)8-9/h5-6,8,16H,2-4,7H2,1H3. The van der Waals surface area contributed by atoms with Gasteiger partial charge in [0.2, 0.25) is 0 Å². The Balaban J connectivity index is 2.01. The van der Waals surface area contributed by atoms with Crippen LogP contribution in [-0.2, 0) is 6.42 Å². The molecule has 0 saturated heterocycles. The second-order valence-corrected chi connectivity index (χ2v) is 5.15. The van der Waals surface area contributed by atoms with Crippen LogP contribution < -0.4 is 5.32 Å². The Bertz CT molecular complexity index is 542. The average molecular weight is 283 g/mol. The first-order valence-electron chi connectivity index (χ1n) is 6.19. The van der Waals surface area contributed by atoms with E-state index >= 15 is 0 Å². The van der Waals surface area contributed by atoms with Crippen molar-refractivity contribution >= 4 is 11.3 Å². The molecule has 0 atom stereocenters. The van der Waals surface area contributed by atoms with Crippen molar-refractivity contribution in [1.29, 1.82) is 0 Å². The molecular weight excluding hydrogens is 268 g/mol. The maximum atomic E-state index is 13.1. The first-order chi connectivity index (χ1) is 9.20. The molecular formula is C13H15F2N3S. The van der Waals surface area contributed by atoms with Crippen molar-refractivity contribution in [2.75, 3.05) is 13.1 Å². The summed E-state index contributed by atoms with van der Waals surface area (Å²) in [6.07, 6.45) is 1.83. The summed E-state index contributed by atoms with van der Waals surface area (Å²) < 4.78 is 26.0. The van der Waals surface area contributed by atoms with Gasteiger partial charge in [-0.3, -0.25) is 0 Å². The molecule has 0 bridgehead atoms. The Kier molecular flexibility index (Phi) is 4.93. The molecule has 0 aliphatic rings. The third kappa shape index (κ3) is 3.78. The largest absolute Gasteiger partial charge is 0.317 e. The molecule has 1 aromatic carbocycles. The van der Waals surface area contributed by atoms with E-state index in [-0.39, 0.29) is 0 Å². The molecule has 1 aromatic heterocycles. The molecule has 0 fully saturated rings. The second-order valence-electron chi connectivity index (χ2n) is 4.09. The van der Waals surface area contributed by atoms with Crippen molar-refractivity contribution in [3.63, 3.8) is 0 Å². The highest BCUT2D eigenvalue weighted by Gasteiger charge is 2.09. The Morgan fingerprint density at radius 3 is 2.79 bits per heavy atom. The van der Waals surface area contributed by atoms with Gasteiger partial charge < -0.3 is 5.32 Å². The number of rotatable bonds is 6. The predicted molar refractivity (Wildman–Crippen MR) is 72.1 cm³/mol. The summed E-state index contributed by atoms with van der Waals surface area (Å²) in [4.78, 5) is 0. The van der Waals surface area contributed by atoms with Gasteiger partial charge in [-0.15, -0.1) is 10.2 Å². The molecule has 2 rings (SSSR count). The van der Waals surface area contributed by atoms with E-state index in [0.717, 1.165) is 43.1 Å². The number of aromatic nitrogens is 2. The summed E-state index contributed by atoms with van der Waals surface area (Å²) in [7, 11) is 0. The van der Waals surface area contributed by atoms with E-state index in [1.807, 2.05) is 0 Å². The van der Waals surface area contributed by atoms with Gasteiger partial charge in [0.1, 0.15) is 10.0 Å². The molecule has 1 heterocycles. The summed E-state index contributed by atoms with van der Waals surface area (Å²) in [5, 5.41) is 12.9. The number of nitrogens with zero attached hydrogens (tertiary/aromatic N) is 2. The van der Waals surface area contributed by atoms with Gasteiger partial charge >= 0.3 is 0 Å². The maximum Gasteiger partial charge on any atom is 0.159 e. The highest BCUT2D eigenvalue weighted by atomic mass is 32.1. The third-order valence-electron chi connectivity index (χ3n) is 2.63. The fourth-order valence-corrected chi connectivity index (χ4v) is 2.52. The van der Waals surface area contributed by atoms with Gasteiger partial charge in [-0.1, -0.05) is 18.3 Å². The second kappa shape index (κ2) is 6.68. The Morgan fingerprint density at radius 1 is 1.21 bits per heavy atom. The Labute approximate surface area is 114 Å². The van der Waals surface area contributed by atoms with Crippen molar-refractivity contribution < 1.29 is 8.78 Å². The first-order valence-corrected chi connectivity index (χ1v) is 7.01. The zero-order valence-corrected chi connectivity index (χ0v) is 11.4. The van der Waals surface area contributed by atoms with Crippen LogP contribution in [-0.4, -0.2) is 23.3 Å². The van der Waals surface area contributed by atoms with E-state index in [2.05, 4.69) is 22.4 Å². The van der Waals surface area contributed by atoms with E-state index in [1.165, 1.54) is 17.4 Å². The van der Waals surface area contributed by atoms with E-state index < -0.39 is 11.6 Å². The van der Waals surface area contributed by atoms with Crippen LogP contribution >= 0.6 is 11.3 Å². The molecule has 0 unspecified atom stereocenters. The molecule has 1 N–H and O–H groups in total. The molecule has 0 spiro atoms. The number of hydrogen-bond acceptors (Lipinski definition) is 4. The van der Waals surface area contributed by atoms with Crippen LogP contribution in [0.15, 0.2) is 18.2 Å². The minimum absolute atomic E-state index is 0.564. The van der Waals surface area contributed by atoms with Crippen LogP contribution in [0.4, 0.5) is 8.78 Å². The molecule has 102 valence electrons. The van der Waals surface area contributed by atoms with Gasteiger partial charge in [0.05, 0.1) is 0 Å². The quantitative estimate of drug-likeness (QED) is 0.828. The number of nitrogens with one attached hydrogen (secondary N) is 1. The molecule has 2 aromatic rings. The molecule has 0 radical (unpaired) electrons. The van der Waals surface area contributed by atoms with Gasteiger partial charge in [-0.2, -0.15) is 0 Å². The lowest BCUT2D eigenvalue weighted by Crippen LogP contribution is -2.14. The summed E-state index contributed by atoms with van der Waals surface area (Å²) in [5.41, 5.74) is 0.564. The summed E-state index contributed by atoms with van der Waals surface area (Å²) in [6.45, 7) is 3.96. The number of aryl methyl sites for hydroxylation is 1. The van der Waals surface area contributed by atoms with Crippen molar-refractivity contribution in [3.8, 4) is 10.6 Å². The van der Waals surface area contributed by atoms with Gasteiger partial charge in [0.25, 0.3) is 0 Å². The minimum Gasteiger partial charge on any atom is -0.317 e. The fraction of sp³-hybridized carbons (Fsp3) is 0.385. The molecule has 0 amide bonds. The van der Waals surface area contributed by atoms with E-state index in [9.17, 15) is 8.78 Å². The Morgan fingerprint density at radius 2 is 2.05 bits per heavy atom. The molecule has 0 aliphatic carbocycles. The maximum absolute atomic E-state index is 13.1. The normalized spacial score (nSPS) is 10.9. The van der Waals surface area contributed by atoms with Gasteiger partial charge in [-0.05, 0) is 37.7 Å². The molecule has 6 heteroatoms. The summed E-state index contributed by atoms with van der Waals surface area (Å²) >= 11 is 1.42. The highest BCUT2D eigenvalue weighted by molar-refractivity contribution is 7.14. The van der Waals surface area contributed by atoms with E-state index in [0.29, 0.717) is 10.6 Å². The lowest BCUT2D eigenvalue weighted by Gasteiger charge is -1.98. The van der Waals surface area contributed by atoms with Crippen LogP contribution in [0.2, 0.25) is 0 Å². The zero-order valence-electron chi connectivity index (χ0n) is 10.6. The monoisotopic (exact) mass is 283 g/mol. The fourth-order valence-electron chi connectivity index (χ4n) is 1.64. The topological polar surface area (TPSA) is 37.8 Å². The number of halogens is 2. The number of benzene rings is 1. The molecule has 3 nitrogen and oxygen atoms in total. The van der Waals surface area contributed by atoms with Gasteiger partial charge in [0, 0.05) is 12.0 Å². The lowest BCUT2D eigenvalue weighted by atomic mass is 10.2. The van der Waals surface area contributed by atoms with Crippen molar-refractivity contribution in [2.24, 2.45) is 0 Å². The van der Waals surface area contributed by atoms with Crippen LogP contribution in [0.25, 0.3) is 10.6 Å². The average Bonchev–Trinajstić information content (AvgIpc) is 2.87. The molecule has 0 aliphatic heterocycles. The zero-order chi connectivity index (χ0) is 13.7. The van der Waals surface area contributed by atoms with Crippen LogP contribution in [0.1, 0.15) is 18.4 Å². The Hall–Kier alpha value is -1.40. The van der Waals surface area contributed by atoms with Gasteiger partial charge in [0.15, 0.2) is 11.6 Å². The SMILES string of the molecule is CCNCCCc1nnc(-c2ccc(F)c(F)c2)s1. The molecule has 19 heavy (non-hydrogen) atoms. The van der Waals surface area contributed by atoms with E-state index in [4.69, 9.17) is 0 Å². The van der Waals surface area contributed by atoms with Crippen LogP contribution in [0.5, 0.6) is 0 Å². The predicted octanol–water partition coefficient (Wildman–Crippen LogP) is 3.03. The summed E-state index contributed by atoms with van der Waals surface area (Å²) in [6, 6.07) is 3.77. The smallest absolute Gasteiger partial charge is 0.159 e. The highest BCUT2D eigenvalue weighted by Crippen LogP contribution is 2.25. The third-order valence-corrected chi connectivity index (χ3v) is 3.66. The minimum atomic E-state index is -0.860. The van der Waals surface area contributed by atoms with Crippen LogP contribution in [0, 0.1) is 11.6 Å². The summed E-state index contributed by atoms with van der Waals surface area (Å²) in [5.74, 6) is -1.71. The first kappa shape index (κ1) is 14.0. The molecule has 0 saturated carbocycles. The van der Waals surface area contributed by atoms with Crippen molar-refractivity contribution in [1.82, 2.24) is 15.5 Å². The van der Waals surface area contributed by atoms with Crippen molar-refractivity contribution in [3.05, 3.63) is 34.8 Å².